The molecule has 0 atom stereocenters. The van der Waals surface area contributed by atoms with Crippen LogP contribution in [0.5, 0.6) is 0 Å². The van der Waals surface area contributed by atoms with Crippen LogP contribution in [0.15, 0.2) is 0 Å². The molecule has 0 heterocycles. The maximum atomic E-state index is 9.10. The van der Waals surface area contributed by atoms with Crippen LogP contribution in [0.2, 0.25) is 0 Å². The van der Waals surface area contributed by atoms with Crippen LogP contribution in [-0.4, -0.2) is 38.6 Å². The van der Waals surface area contributed by atoms with Crippen molar-refractivity contribution in [3.8, 4) is 0 Å². The van der Waals surface area contributed by atoms with Crippen LogP contribution in [-0.2, 0) is 9.59 Å². The minimum Gasteiger partial charge on any atom is -1.00 e. The molecule has 0 amide bonds. The van der Waals surface area contributed by atoms with Gasteiger partial charge in [0.25, 0.3) is 0 Å². The first-order valence-electron chi connectivity index (χ1n) is 1.11. The summed E-state index contributed by atoms with van der Waals surface area (Å²) in [6.07, 6.45) is 0. The van der Waals surface area contributed by atoms with Gasteiger partial charge in [-0.2, -0.15) is 0 Å². The fourth-order valence-corrected chi connectivity index (χ4v) is 0. The van der Waals surface area contributed by atoms with Crippen LogP contribution in [0.3, 0.4) is 0 Å². The first kappa shape index (κ1) is 32.9. The minimum absolute atomic E-state index is 0. The second-order valence-electron chi connectivity index (χ2n) is 0.610. The number of aliphatic carboxylic acids is 2. The minimum atomic E-state index is -1.82. The van der Waals surface area contributed by atoms with Gasteiger partial charge >= 0.3 is 41.5 Å². The molecule has 0 aliphatic rings. The summed E-state index contributed by atoms with van der Waals surface area (Å²) in [5, 5.41) is 14.8. The Kier molecular flexibility index (Phi) is 52.4. The Bertz CT molecular complexity index is 82.4. The van der Waals surface area contributed by atoms with Crippen molar-refractivity contribution in [2.24, 2.45) is 0 Å². The van der Waals surface area contributed by atoms with Crippen LogP contribution >= 0.6 is 0 Å². The Hall–Kier alpha value is -0.180. The molecule has 10 heavy (non-hydrogen) atoms. The normalized spacial score (nSPS) is 4.40. The van der Waals surface area contributed by atoms with Gasteiger partial charge < -0.3 is 28.1 Å². The molecule has 0 saturated carbocycles. The average Bonchev–Trinajstić information content (AvgIpc) is 1.36. The fraction of sp³-hybridized carbons (Fsp3) is 0. The van der Waals surface area contributed by atoms with E-state index in [4.69, 9.17) is 19.8 Å². The first-order chi connectivity index (χ1) is 2.64. The third-order valence-electron chi connectivity index (χ3n) is 0.183. The Morgan fingerprint density at radius 3 is 1.00 bits per heavy atom. The van der Waals surface area contributed by atoms with Gasteiger partial charge in [0.2, 0.25) is 0 Å². The van der Waals surface area contributed by atoms with E-state index in [1.54, 1.807) is 0 Å². The summed E-state index contributed by atoms with van der Waals surface area (Å²) >= 11 is 0. The molecule has 0 aromatic rings. The molecule has 0 fully saturated rings. The van der Waals surface area contributed by atoms with Crippen LogP contribution in [0.4, 0.5) is 0 Å². The quantitative estimate of drug-likeness (QED) is 0.271. The molecule has 0 unspecified atom stereocenters. The van der Waals surface area contributed by atoms with Crippen molar-refractivity contribution in [2.75, 3.05) is 0 Å². The number of hydrogen-bond donors (Lipinski definition) is 2. The Morgan fingerprint density at radius 2 is 1.00 bits per heavy atom. The van der Waals surface area contributed by atoms with Crippen molar-refractivity contribution in [2.45, 2.75) is 0 Å². The summed E-state index contributed by atoms with van der Waals surface area (Å²) in [6.45, 7) is 0. The van der Waals surface area contributed by atoms with Gasteiger partial charge in [0.1, 0.15) is 0 Å². The van der Waals surface area contributed by atoms with Gasteiger partial charge in [0.15, 0.2) is 0 Å². The molecular formula is C2H9NaO7. The van der Waals surface area contributed by atoms with Gasteiger partial charge in [-0.1, -0.05) is 0 Å². The zero-order valence-corrected chi connectivity index (χ0v) is 7.21. The molecule has 60 valence electrons. The molecule has 0 aliphatic heterocycles. The molecule has 0 bridgehead atoms. The van der Waals surface area contributed by atoms with Crippen molar-refractivity contribution < 1.29 is 67.2 Å². The molecule has 0 aromatic carbocycles. The third-order valence-corrected chi connectivity index (χ3v) is 0.183. The van der Waals surface area contributed by atoms with E-state index in [0.717, 1.165) is 0 Å². The SMILES string of the molecule is O.O.O.O=C(O)C(=O)O.[H-].[Na+]. The molecule has 0 aromatic heterocycles. The molecule has 0 aliphatic carbocycles. The summed E-state index contributed by atoms with van der Waals surface area (Å²) in [7, 11) is 0. The summed E-state index contributed by atoms with van der Waals surface area (Å²) in [5.74, 6) is -3.65. The largest absolute Gasteiger partial charge is 1.00 e. The van der Waals surface area contributed by atoms with Crippen molar-refractivity contribution in [3.05, 3.63) is 0 Å². The van der Waals surface area contributed by atoms with Gasteiger partial charge in [-0.15, -0.1) is 0 Å². The predicted octanol–water partition coefficient (Wildman–Crippen LogP) is -6.20. The maximum absolute atomic E-state index is 9.10. The van der Waals surface area contributed by atoms with E-state index in [-0.39, 0.29) is 47.4 Å². The number of carboxylic acids is 2. The molecule has 0 saturated heterocycles. The van der Waals surface area contributed by atoms with Crippen LogP contribution in [0.25, 0.3) is 0 Å². The van der Waals surface area contributed by atoms with Gasteiger partial charge in [-0.3, -0.25) is 0 Å². The predicted molar refractivity (Wildman–Crippen MR) is 27.2 cm³/mol. The van der Waals surface area contributed by atoms with E-state index in [1.165, 1.54) is 0 Å². The van der Waals surface area contributed by atoms with Crippen LogP contribution in [0, 0.1) is 0 Å². The van der Waals surface area contributed by atoms with Crippen LogP contribution in [0.1, 0.15) is 1.43 Å². The maximum Gasteiger partial charge on any atom is 1.00 e. The molecule has 8 heteroatoms. The van der Waals surface area contributed by atoms with Crippen molar-refractivity contribution in [1.82, 2.24) is 0 Å². The van der Waals surface area contributed by atoms with Gasteiger partial charge in [0.05, 0.1) is 0 Å². The molecule has 0 radical (unpaired) electrons. The monoisotopic (exact) mass is 168 g/mol. The van der Waals surface area contributed by atoms with E-state index in [1.807, 2.05) is 0 Å². The second-order valence-corrected chi connectivity index (χ2v) is 0.610. The number of carbonyl (C=O) groups is 2. The summed E-state index contributed by atoms with van der Waals surface area (Å²) in [4.78, 5) is 18.2. The Balaban J connectivity index is -0.0000000125. The molecule has 0 rings (SSSR count). The van der Waals surface area contributed by atoms with Crippen molar-refractivity contribution in [1.29, 1.82) is 0 Å². The van der Waals surface area contributed by atoms with Crippen LogP contribution < -0.4 is 29.6 Å². The molecule has 8 N–H and O–H groups in total. The average molecular weight is 168 g/mol. The Morgan fingerprint density at radius 1 is 0.900 bits per heavy atom. The van der Waals surface area contributed by atoms with E-state index < -0.39 is 11.9 Å². The number of carboxylic acid groups (broad SMARTS) is 2. The number of hydrogen-bond acceptors (Lipinski definition) is 2. The second kappa shape index (κ2) is 15.9. The molecule has 7 nitrogen and oxygen atoms in total. The molecular weight excluding hydrogens is 159 g/mol. The van der Waals surface area contributed by atoms with Gasteiger partial charge in [0, 0.05) is 0 Å². The Labute approximate surface area is 79.4 Å². The van der Waals surface area contributed by atoms with E-state index in [2.05, 4.69) is 0 Å². The number of rotatable bonds is 0. The first-order valence-corrected chi connectivity index (χ1v) is 1.11. The van der Waals surface area contributed by atoms with Gasteiger partial charge in [-0.05, 0) is 0 Å². The topological polar surface area (TPSA) is 169 Å². The fourth-order valence-electron chi connectivity index (χ4n) is 0. The van der Waals surface area contributed by atoms with E-state index in [0.29, 0.717) is 0 Å². The molecule has 0 spiro atoms. The van der Waals surface area contributed by atoms with E-state index in [9.17, 15) is 0 Å². The summed E-state index contributed by atoms with van der Waals surface area (Å²) in [6, 6.07) is 0. The third kappa shape index (κ3) is 24.9. The summed E-state index contributed by atoms with van der Waals surface area (Å²) in [5.41, 5.74) is 0. The standard InChI is InChI=1S/C2H2O4.Na.3H2O.H/c3-1(4)2(5)6;;;;;/h(H,3,4)(H,5,6);;3*1H2;/q;+1;;;;-1. The van der Waals surface area contributed by atoms with E-state index >= 15 is 0 Å². The van der Waals surface area contributed by atoms with Crippen molar-refractivity contribution in [3.63, 3.8) is 0 Å². The zero-order valence-electron chi connectivity index (χ0n) is 6.21. The zero-order chi connectivity index (χ0) is 5.15. The van der Waals surface area contributed by atoms with Gasteiger partial charge in [-0.25, -0.2) is 9.59 Å². The van der Waals surface area contributed by atoms with Crippen molar-refractivity contribution >= 4 is 11.9 Å². The summed E-state index contributed by atoms with van der Waals surface area (Å²) < 4.78 is 0. The smallest absolute Gasteiger partial charge is 1.00 e.